The van der Waals surface area contributed by atoms with Crippen LogP contribution >= 0.6 is 0 Å². The third-order valence-corrected chi connectivity index (χ3v) is 2.59. The maximum absolute atomic E-state index is 12.3. The zero-order valence-corrected chi connectivity index (χ0v) is 10.4. The van der Waals surface area contributed by atoms with Crippen LogP contribution in [0, 0.1) is 0 Å². The van der Waals surface area contributed by atoms with Crippen molar-refractivity contribution in [2.45, 2.75) is 25.2 Å². The van der Waals surface area contributed by atoms with Crippen LogP contribution in [-0.4, -0.2) is 23.0 Å². The Morgan fingerprint density at radius 3 is 2.15 bits per heavy atom. The summed E-state index contributed by atoms with van der Waals surface area (Å²) < 4.78 is 37.0. The molecule has 0 bridgehead atoms. The second-order valence-electron chi connectivity index (χ2n) is 4.15. The Hall–Kier alpha value is -2.09. The Morgan fingerprint density at radius 2 is 1.75 bits per heavy atom. The van der Waals surface area contributed by atoms with E-state index in [4.69, 9.17) is 5.73 Å². The second kappa shape index (κ2) is 5.91. The van der Waals surface area contributed by atoms with Crippen molar-refractivity contribution in [3.05, 3.63) is 35.4 Å². The fraction of sp³-hybridized carbons (Fsp3) is 0.333. The Kier molecular flexibility index (Phi) is 4.72. The van der Waals surface area contributed by atoms with E-state index < -0.39 is 35.7 Å². The van der Waals surface area contributed by atoms with Crippen molar-refractivity contribution >= 4 is 11.8 Å². The monoisotopic (exact) mass is 290 g/mol. The van der Waals surface area contributed by atoms with Crippen LogP contribution in [0.1, 0.15) is 24.2 Å². The number of aliphatic hydroxyl groups excluding tert-OH is 1. The zero-order chi connectivity index (χ0) is 15.5. The van der Waals surface area contributed by atoms with Gasteiger partial charge in [-0.15, -0.1) is 0 Å². The SMILES string of the molecule is C[C@H](NC(=O)[C@@H](O)c1ccc(C(F)(F)F)cc1)C(N)=O. The number of aliphatic hydroxyl groups is 1. The van der Waals surface area contributed by atoms with Gasteiger partial charge < -0.3 is 16.2 Å². The van der Waals surface area contributed by atoms with E-state index in [0.29, 0.717) is 0 Å². The lowest BCUT2D eigenvalue weighted by atomic mass is 10.1. The summed E-state index contributed by atoms with van der Waals surface area (Å²) in [5.74, 6) is -1.71. The van der Waals surface area contributed by atoms with Crippen molar-refractivity contribution in [3.8, 4) is 0 Å². The molecule has 0 fully saturated rings. The number of nitrogens with one attached hydrogen (secondary N) is 1. The smallest absolute Gasteiger partial charge is 0.378 e. The van der Waals surface area contributed by atoms with Gasteiger partial charge in [-0.2, -0.15) is 13.2 Å². The average Bonchev–Trinajstić information content (AvgIpc) is 2.36. The fourth-order valence-electron chi connectivity index (χ4n) is 1.37. The number of hydrogen-bond acceptors (Lipinski definition) is 3. The maximum Gasteiger partial charge on any atom is 0.416 e. The summed E-state index contributed by atoms with van der Waals surface area (Å²) in [7, 11) is 0. The van der Waals surface area contributed by atoms with Gasteiger partial charge in [0, 0.05) is 0 Å². The van der Waals surface area contributed by atoms with Crippen molar-refractivity contribution in [3.63, 3.8) is 0 Å². The molecule has 8 heteroatoms. The van der Waals surface area contributed by atoms with Crippen molar-refractivity contribution < 1.29 is 27.9 Å². The maximum atomic E-state index is 12.3. The first kappa shape index (κ1) is 16.0. The van der Waals surface area contributed by atoms with E-state index >= 15 is 0 Å². The van der Waals surface area contributed by atoms with Crippen LogP contribution in [0.4, 0.5) is 13.2 Å². The van der Waals surface area contributed by atoms with Gasteiger partial charge >= 0.3 is 6.18 Å². The third-order valence-electron chi connectivity index (χ3n) is 2.59. The number of halogens is 3. The summed E-state index contributed by atoms with van der Waals surface area (Å²) in [4.78, 5) is 22.3. The molecule has 0 aliphatic carbocycles. The number of amides is 2. The number of carbonyl (C=O) groups excluding carboxylic acids is 2. The molecule has 5 nitrogen and oxygen atoms in total. The minimum atomic E-state index is -4.49. The predicted molar refractivity (Wildman–Crippen MR) is 63.2 cm³/mol. The molecule has 0 aromatic heterocycles. The van der Waals surface area contributed by atoms with Crippen LogP contribution in [0.5, 0.6) is 0 Å². The number of rotatable bonds is 4. The summed E-state index contributed by atoms with van der Waals surface area (Å²) in [5, 5.41) is 11.8. The van der Waals surface area contributed by atoms with E-state index in [1.165, 1.54) is 6.92 Å². The highest BCUT2D eigenvalue weighted by molar-refractivity contribution is 5.88. The first-order valence-electron chi connectivity index (χ1n) is 5.58. The number of hydrogen-bond donors (Lipinski definition) is 3. The van der Waals surface area contributed by atoms with Crippen LogP contribution in [0.3, 0.4) is 0 Å². The van der Waals surface area contributed by atoms with Gasteiger partial charge in [0.2, 0.25) is 5.91 Å². The van der Waals surface area contributed by atoms with E-state index in [2.05, 4.69) is 5.32 Å². The highest BCUT2D eigenvalue weighted by Gasteiger charge is 2.30. The summed E-state index contributed by atoms with van der Waals surface area (Å²) in [6.45, 7) is 1.32. The van der Waals surface area contributed by atoms with Gasteiger partial charge in [-0.25, -0.2) is 0 Å². The van der Waals surface area contributed by atoms with E-state index in [1.807, 2.05) is 0 Å². The van der Waals surface area contributed by atoms with Gasteiger partial charge in [0.25, 0.3) is 5.91 Å². The Labute approximate surface area is 112 Å². The molecule has 0 aliphatic heterocycles. The molecule has 110 valence electrons. The first-order valence-corrected chi connectivity index (χ1v) is 5.58. The van der Waals surface area contributed by atoms with Crippen LogP contribution in [-0.2, 0) is 15.8 Å². The third kappa shape index (κ3) is 3.95. The van der Waals surface area contributed by atoms with Gasteiger partial charge in [-0.1, -0.05) is 12.1 Å². The van der Waals surface area contributed by atoms with Crippen LogP contribution in [0.15, 0.2) is 24.3 Å². The van der Waals surface area contributed by atoms with Gasteiger partial charge in [0.15, 0.2) is 6.10 Å². The number of nitrogens with two attached hydrogens (primary N) is 1. The van der Waals surface area contributed by atoms with E-state index in [1.54, 1.807) is 0 Å². The van der Waals surface area contributed by atoms with Crippen LogP contribution in [0.25, 0.3) is 0 Å². The second-order valence-corrected chi connectivity index (χ2v) is 4.15. The van der Waals surface area contributed by atoms with Gasteiger partial charge in [0.05, 0.1) is 5.56 Å². The Bertz CT molecular complexity index is 500. The highest BCUT2D eigenvalue weighted by Crippen LogP contribution is 2.29. The van der Waals surface area contributed by atoms with Crippen LogP contribution < -0.4 is 11.1 Å². The zero-order valence-electron chi connectivity index (χ0n) is 10.4. The lowest BCUT2D eigenvalue weighted by molar-refractivity contribution is -0.137. The molecular formula is C12H13F3N2O3. The molecule has 1 aromatic carbocycles. The molecule has 0 radical (unpaired) electrons. The van der Waals surface area contributed by atoms with Crippen molar-refractivity contribution in [2.75, 3.05) is 0 Å². The van der Waals surface area contributed by atoms with Crippen molar-refractivity contribution in [1.29, 1.82) is 0 Å². The first-order chi connectivity index (χ1) is 9.12. The number of alkyl halides is 3. The fourth-order valence-corrected chi connectivity index (χ4v) is 1.37. The molecular weight excluding hydrogens is 277 g/mol. The Morgan fingerprint density at radius 1 is 1.25 bits per heavy atom. The largest absolute Gasteiger partial charge is 0.416 e. The van der Waals surface area contributed by atoms with Crippen molar-refractivity contribution in [1.82, 2.24) is 5.32 Å². The number of carbonyl (C=O) groups is 2. The molecule has 4 N–H and O–H groups in total. The molecule has 0 heterocycles. The molecule has 2 atom stereocenters. The minimum absolute atomic E-state index is 0.0211. The predicted octanol–water partition coefficient (Wildman–Crippen LogP) is 0.729. The van der Waals surface area contributed by atoms with Gasteiger partial charge in [0.1, 0.15) is 6.04 Å². The number of primary amides is 1. The summed E-state index contributed by atoms with van der Waals surface area (Å²) in [5.41, 5.74) is 4.02. The van der Waals surface area contributed by atoms with Gasteiger partial charge in [-0.3, -0.25) is 9.59 Å². The molecule has 1 aromatic rings. The molecule has 0 spiro atoms. The van der Waals surface area contributed by atoms with Crippen molar-refractivity contribution in [2.24, 2.45) is 5.73 Å². The topological polar surface area (TPSA) is 92.4 Å². The van der Waals surface area contributed by atoms with Crippen LogP contribution in [0.2, 0.25) is 0 Å². The molecule has 0 aliphatic rings. The summed E-state index contributed by atoms with van der Waals surface area (Å²) >= 11 is 0. The van der Waals surface area contributed by atoms with E-state index in [0.717, 1.165) is 24.3 Å². The lowest BCUT2D eigenvalue weighted by Gasteiger charge is -2.15. The lowest BCUT2D eigenvalue weighted by Crippen LogP contribution is -2.44. The normalized spacial score (nSPS) is 14.4. The molecule has 20 heavy (non-hydrogen) atoms. The van der Waals surface area contributed by atoms with Gasteiger partial charge in [-0.05, 0) is 24.6 Å². The molecule has 2 amide bonds. The van der Waals surface area contributed by atoms with E-state index in [-0.39, 0.29) is 5.56 Å². The molecule has 1 rings (SSSR count). The summed E-state index contributed by atoms with van der Waals surface area (Å²) in [6.07, 6.45) is -6.18. The highest BCUT2D eigenvalue weighted by atomic mass is 19.4. The van der Waals surface area contributed by atoms with E-state index in [9.17, 15) is 27.9 Å². The number of benzene rings is 1. The minimum Gasteiger partial charge on any atom is -0.378 e. The Balaban J connectivity index is 2.80. The summed E-state index contributed by atoms with van der Waals surface area (Å²) in [6, 6.07) is 2.49. The quantitative estimate of drug-likeness (QED) is 0.763. The standard InChI is InChI=1S/C12H13F3N2O3/c1-6(10(16)19)17-11(20)9(18)7-2-4-8(5-3-7)12(13,14)15/h2-6,9,18H,1H3,(H2,16,19)(H,17,20)/t6-,9-/m0/s1. The molecule has 0 saturated carbocycles. The average molecular weight is 290 g/mol. The molecule has 0 saturated heterocycles. The molecule has 0 unspecified atom stereocenters.